The van der Waals surface area contributed by atoms with Crippen molar-refractivity contribution in [2.75, 3.05) is 6.26 Å². The molecule has 0 atom stereocenters. The number of halogens is 1. The molecule has 0 bridgehead atoms. The van der Waals surface area contributed by atoms with E-state index in [1.165, 1.54) is 18.0 Å². The Kier molecular flexibility index (Phi) is 4.27. The van der Waals surface area contributed by atoms with Crippen LogP contribution in [-0.4, -0.2) is 27.9 Å². The topological polar surface area (TPSA) is 67.3 Å². The maximum Gasteiger partial charge on any atom is 0.219 e. The molecule has 1 aliphatic rings. The van der Waals surface area contributed by atoms with Crippen LogP contribution in [0, 0.1) is 0 Å². The number of hydrogen-bond donors (Lipinski definition) is 1. The second-order valence-electron chi connectivity index (χ2n) is 4.13. The summed E-state index contributed by atoms with van der Waals surface area (Å²) < 4.78 is 0. The van der Waals surface area contributed by atoms with Crippen molar-refractivity contribution in [3.05, 3.63) is 34.3 Å². The lowest BCUT2D eigenvalue weighted by molar-refractivity contribution is -0.116. The van der Waals surface area contributed by atoms with E-state index in [2.05, 4.69) is 4.98 Å². The van der Waals surface area contributed by atoms with Crippen molar-refractivity contribution in [2.24, 2.45) is 0 Å². The van der Waals surface area contributed by atoms with Crippen molar-refractivity contribution in [1.29, 1.82) is 0 Å². The second kappa shape index (κ2) is 5.75. The van der Waals surface area contributed by atoms with Gasteiger partial charge in [0.25, 0.3) is 0 Å². The van der Waals surface area contributed by atoms with Gasteiger partial charge in [-0.2, -0.15) is 0 Å². The zero-order chi connectivity index (χ0) is 14.0. The number of carbonyl (C=O) groups excluding carboxylic acids is 2. The maximum atomic E-state index is 12.2. The molecule has 0 aromatic carbocycles. The van der Waals surface area contributed by atoms with Gasteiger partial charge >= 0.3 is 0 Å². The van der Waals surface area contributed by atoms with Crippen LogP contribution in [0.2, 0.25) is 5.02 Å². The zero-order valence-corrected chi connectivity index (χ0v) is 11.8. The van der Waals surface area contributed by atoms with Crippen molar-refractivity contribution in [1.82, 2.24) is 4.98 Å². The second-order valence-corrected chi connectivity index (χ2v) is 5.42. The van der Waals surface area contributed by atoms with Gasteiger partial charge in [-0.15, -0.1) is 11.8 Å². The van der Waals surface area contributed by atoms with E-state index in [9.17, 15) is 14.7 Å². The summed E-state index contributed by atoms with van der Waals surface area (Å²) in [5, 5.41) is 9.92. The quantitative estimate of drug-likeness (QED) is 0.527. The number of hydrogen-bond acceptors (Lipinski definition) is 5. The first-order chi connectivity index (χ1) is 9.04. The van der Waals surface area contributed by atoms with E-state index in [0.717, 1.165) is 4.90 Å². The molecule has 0 unspecified atom stereocenters. The Balaban J connectivity index is 2.42. The molecule has 1 aromatic rings. The standard InChI is InChI=1S/C13H12ClNO3S/c1-19-7-5-8(14)12(15-6-7)13(18)11-9(16)3-2-4-10(11)17/h5-6,16H,2-4H2,1H3. The Morgan fingerprint density at radius 2 is 2.21 bits per heavy atom. The summed E-state index contributed by atoms with van der Waals surface area (Å²) in [6.45, 7) is 0. The number of ketones is 2. The highest BCUT2D eigenvalue weighted by atomic mass is 35.5. The molecule has 0 fully saturated rings. The third-order valence-electron chi connectivity index (χ3n) is 2.88. The number of allylic oxidation sites excluding steroid dienone is 2. The van der Waals surface area contributed by atoms with E-state index >= 15 is 0 Å². The first kappa shape index (κ1) is 14.1. The van der Waals surface area contributed by atoms with Gasteiger partial charge in [-0.3, -0.25) is 9.59 Å². The summed E-state index contributed by atoms with van der Waals surface area (Å²) in [6.07, 6.45) is 4.57. The normalized spacial score (nSPS) is 15.8. The molecule has 0 saturated heterocycles. The minimum Gasteiger partial charge on any atom is -0.511 e. The molecule has 0 aliphatic heterocycles. The van der Waals surface area contributed by atoms with Crippen LogP contribution in [0.4, 0.5) is 0 Å². The van der Waals surface area contributed by atoms with Crippen molar-refractivity contribution < 1.29 is 14.7 Å². The summed E-state index contributed by atoms with van der Waals surface area (Å²) >= 11 is 7.46. The van der Waals surface area contributed by atoms with Gasteiger partial charge in [-0.1, -0.05) is 11.6 Å². The summed E-state index contributed by atoms with van der Waals surface area (Å²) in [7, 11) is 0. The van der Waals surface area contributed by atoms with Gasteiger partial charge in [0.15, 0.2) is 5.78 Å². The molecule has 100 valence electrons. The predicted octanol–water partition coefficient (Wildman–Crippen LogP) is 3.20. The summed E-state index contributed by atoms with van der Waals surface area (Å²) in [5.41, 5.74) is -0.159. The number of thioether (sulfide) groups is 1. The van der Waals surface area contributed by atoms with Crippen molar-refractivity contribution >= 4 is 34.9 Å². The summed E-state index contributed by atoms with van der Waals surface area (Å²) in [5.74, 6) is -1.10. The lowest BCUT2D eigenvalue weighted by Gasteiger charge is -2.14. The van der Waals surface area contributed by atoms with Crippen LogP contribution in [-0.2, 0) is 4.79 Å². The fraction of sp³-hybridized carbons (Fsp3) is 0.308. The Bertz CT molecular complexity index is 583. The lowest BCUT2D eigenvalue weighted by atomic mass is 9.92. The molecule has 1 aromatic heterocycles. The maximum absolute atomic E-state index is 12.2. The summed E-state index contributed by atoms with van der Waals surface area (Å²) in [6, 6.07) is 1.62. The number of pyridine rings is 1. The van der Waals surface area contributed by atoms with Gasteiger partial charge < -0.3 is 5.11 Å². The molecule has 19 heavy (non-hydrogen) atoms. The Morgan fingerprint density at radius 3 is 2.79 bits per heavy atom. The van der Waals surface area contributed by atoms with Crippen molar-refractivity contribution in [3.63, 3.8) is 0 Å². The predicted molar refractivity (Wildman–Crippen MR) is 73.9 cm³/mol. The molecule has 4 nitrogen and oxygen atoms in total. The number of Topliss-reactive ketones (excluding diaryl/α,β-unsaturated/α-hetero) is 2. The van der Waals surface area contributed by atoms with E-state index in [1.807, 2.05) is 6.26 Å². The van der Waals surface area contributed by atoms with Crippen LogP contribution in [0.1, 0.15) is 29.8 Å². The Morgan fingerprint density at radius 1 is 1.47 bits per heavy atom. The van der Waals surface area contributed by atoms with Crippen molar-refractivity contribution in [3.8, 4) is 0 Å². The number of aliphatic hydroxyl groups excluding tert-OH is 1. The molecular formula is C13H12ClNO3S. The molecule has 2 rings (SSSR count). The average Bonchev–Trinajstić information content (AvgIpc) is 2.38. The highest BCUT2D eigenvalue weighted by Crippen LogP contribution is 2.27. The highest BCUT2D eigenvalue weighted by molar-refractivity contribution is 7.98. The van der Waals surface area contributed by atoms with Crippen LogP contribution in [0.3, 0.4) is 0 Å². The van der Waals surface area contributed by atoms with Crippen LogP contribution in [0.25, 0.3) is 0 Å². The van der Waals surface area contributed by atoms with Gasteiger partial charge in [-0.05, 0) is 18.7 Å². The number of rotatable bonds is 3. The van der Waals surface area contributed by atoms with Gasteiger partial charge in [0.1, 0.15) is 17.0 Å². The number of aromatic nitrogens is 1. The third-order valence-corrected chi connectivity index (χ3v) is 3.86. The minimum absolute atomic E-state index is 0.0104. The average molecular weight is 298 g/mol. The van der Waals surface area contributed by atoms with Gasteiger partial charge in [0.05, 0.1) is 5.02 Å². The monoisotopic (exact) mass is 297 g/mol. The van der Waals surface area contributed by atoms with Crippen LogP contribution in [0.15, 0.2) is 28.5 Å². The fourth-order valence-electron chi connectivity index (χ4n) is 1.90. The van der Waals surface area contributed by atoms with E-state index in [4.69, 9.17) is 11.6 Å². The molecule has 0 amide bonds. The van der Waals surface area contributed by atoms with Crippen LogP contribution in [0.5, 0.6) is 0 Å². The van der Waals surface area contributed by atoms with Crippen LogP contribution >= 0.6 is 23.4 Å². The first-order valence-electron chi connectivity index (χ1n) is 5.74. The van der Waals surface area contributed by atoms with E-state index in [-0.39, 0.29) is 34.3 Å². The fourth-order valence-corrected chi connectivity index (χ4v) is 2.61. The number of nitrogens with zero attached hydrogens (tertiary/aromatic N) is 1. The first-order valence-corrected chi connectivity index (χ1v) is 7.34. The summed E-state index contributed by atoms with van der Waals surface area (Å²) in [4.78, 5) is 28.8. The van der Waals surface area contributed by atoms with E-state index in [1.54, 1.807) is 6.07 Å². The Labute approximate surface area is 119 Å². The molecule has 0 spiro atoms. The molecule has 1 heterocycles. The molecule has 0 radical (unpaired) electrons. The van der Waals surface area contributed by atoms with Gasteiger partial charge in [0.2, 0.25) is 5.78 Å². The third kappa shape index (κ3) is 2.82. The molecule has 1 aliphatic carbocycles. The van der Waals surface area contributed by atoms with Gasteiger partial charge in [0, 0.05) is 23.9 Å². The molecule has 1 N–H and O–H groups in total. The van der Waals surface area contributed by atoms with Crippen molar-refractivity contribution in [2.45, 2.75) is 24.2 Å². The van der Waals surface area contributed by atoms with Gasteiger partial charge in [-0.25, -0.2) is 4.98 Å². The number of carbonyl (C=O) groups is 2. The minimum atomic E-state index is -0.597. The zero-order valence-electron chi connectivity index (χ0n) is 10.3. The Hall–Kier alpha value is -1.33. The molecular weight excluding hydrogens is 286 g/mol. The smallest absolute Gasteiger partial charge is 0.219 e. The molecule has 0 saturated carbocycles. The van der Waals surface area contributed by atoms with Crippen LogP contribution < -0.4 is 0 Å². The lowest BCUT2D eigenvalue weighted by Crippen LogP contribution is -2.20. The molecule has 6 heteroatoms. The highest BCUT2D eigenvalue weighted by Gasteiger charge is 2.29. The van der Waals surface area contributed by atoms with E-state index in [0.29, 0.717) is 12.8 Å². The largest absolute Gasteiger partial charge is 0.511 e. The SMILES string of the molecule is CSc1cnc(C(=O)C2=C(O)CCCC2=O)c(Cl)c1. The van der Waals surface area contributed by atoms with E-state index < -0.39 is 5.78 Å². The number of aliphatic hydroxyl groups is 1.